The molecule has 0 bridgehead atoms. The Morgan fingerprint density at radius 1 is 1.45 bits per heavy atom. The zero-order chi connectivity index (χ0) is 14.5. The summed E-state index contributed by atoms with van der Waals surface area (Å²) >= 11 is 0. The SMILES string of the molecule is COCCN(CCn1cc(N)ccc1=O)C(C)C1CC1. The molecule has 1 atom stereocenters. The summed E-state index contributed by atoms with van der Waals surface area (Å²) in [6.45, 7) is 5.43. The second kappa shape index (κ2) is 6.90. The molecule has 0 amide bonds. The van der Waals surface area contributed by atoms with Crippen molar-refractivity contribution in [1.29, 1.82) is 0 Å². The van der Waals surface area contributed by atoms with Crippen LogP contribution in [0, 0.1) is 5.92 Å². The molecule has 1 heterocycles. The largest absolute Gasteiger partial charge is 0.398 e. The quantitative estimate of drug-likeness (QED) is 0.776. The van der Waals surface area contributed by atoms with Crippen LogP contribution in [0.4, 0.5) is 5.69 Å². The molecule has 1 aromatic heterocycles. The summed E-state index contributed by atoms with van der Waals surface area (Å²) < 4.78 is 6.88. The normalized spacial score (nSPS) is 16.6. The molecular weight excluding hydrogens is 254 g/mol. The van der Waals surface area contributed by atoms with Crippen molar-refractivity contribution in [3.63, 3.8) is 0 Å². The highest BCUT2D eigenvalue weighted by Gasteiger charge is 2.31. The maximum absolute atomic E-state index is 11.8. The third-order valence-corrected chi connectivity index (χ3v) is 4.10. The van der Waals surface area contributed by atoms with Crippen LogP contribution in [0.5, 0.6) is 0 Å². The van der Waals surface area contributed by atoms with Gasteiger partial charge in [0.1, 0.15) is 0 Å². The standard InChI is InChI=1S/C15H25N3O2/c1-12(13-3-4-13)17(9-10-20-2)7-8-18-11-14(16)5-6-15(18)19/h5-6,11-13H,3-4,7-10,16H2,1-2H3. The first-order valence-corrected chi connectivity index (χ1v) is 7.30. The Morgan fingerprint density at radius 2 is 2.20 bits per heavy atom. The zero-order valence-electron chi connectivity index (χ0n) is 12.4. The van der Waals surface area contributed by atoms with Crippen LogP contribution in [0.1, 0.15) is 19.8 Å². The van der Waals surface area contributed by atoms with Gasteiger partial charge in [-0.25, -0.2) is 0 Å². The maximum Gasteiger partial charge on any atom is 0.250 e. The lowest BCUT2D eigenvalue weighted by molar-refractivity contribution is 0.113. The van der Waals surface area contributed by atoms with Crippen molar-refractivity contribution in [2.45, 2.75) is 32.4 Å². The summed E-state index contributed by atoms with van der Waals surface area (Å²) in [5.74, 6) is 0.810. The van der Waals surface area contributed by atoms with Gasteiger partial charge >= 0.3 is 0 Å². The van der Waals surface area contributed by atoms with E-state index < -0.39 is 0 Å². The Labute approximate surface area is 120 Å². The molecule has 2 rings (SSSR count). The maximum atomic E-state index is 11.8. The van der Waals surface area contributed by atoms with Gasteiger partial charge in [0.05, 0.1) is 6.61 Å². The van der Waals surface area contributed by atoms with E-state index in [1.54, 1.807) is 23.9 Å². The molecule has 1 fully saturated rings. The van der Waals surface area contributed by atoms with Gasteiger partial charge in [-0.2, -0.15) is 0 Å². The molecule has 0 spiro atoms. The first kappa shape index (κ1) is 15.1. The lowest BCUT2D eigenvalue weighted by Crippen LogP contribution is -2.40. The molecule has 0 radical (unpaired) electrons. The van der Waals surface area contributed by atoms with E-state index in [2.05, 4.69) is 11.8 Å². The second-order valence-corrected chi connectivity index (χ2v) is 5.60. The highest BCUT2D eigenvalue weighted by atomic mass is 16.5. The van der Waals surface area contributed by atoms with Crippen molar-refractivity contribution in [1.82, 2.24) is 9.47 Å². The number of methoxy groups -OCH3 is 1. The van der Waals surface area contributed by atoms with Gasteiger partial charge < -0.3 is 15.0 Å². The van der Waals surface area contributed by atoms with Gasteiger partial charge in [-0.3, -0.25) is 9.69 Å². The van der Waals surface area contributed by atoms with Gasteiger partial charge in [0.15, 0.2) is 0 Å². The van der Waals surface area contributed by atoms with E-state index in [0.29, 0.717) is 18.3 Å². The molecular formula is C15H25N3O2. The number of hydrogen-bond acceptors (Lipinski definition) is 4. The van der Waals surface area contributed by atoms with Crippen LogP contribution in [-0.2, 0) is 11.3 Å². The van der Waals surface area contributed by atoms with Crippen molar-refractivity contribution in [2.75, 3.05) is 32.5 Å². The molecule has 5 nitrogen and oxygen atoms in total. The smallest absolute Gasteiger partial charge is 0.250 e. The topological polar surface area (TPSA) is 60.5 Å². The molecule has 0 saturated heterocycles. The third-order valence-electron chi connectivity index (χ3n) is 4.10. The monoisotopic (exact) mass is 279 g/mol. The fraction of sp³-hybridized carbons (Fsp3) is 0.667. The number of rotatable bonds is 8. The lowest BCUT2D eigenvalue weighted by Gasteiger charge is -2.29. The Kier molecular flexibility index (Phi) is 5.20. The Bertz CT molecular complexity index is 482. The fourth-order valence-corrected chi connectivity index (χ4v) is 2.57. The number of nitrogens with zero attached hydrogens (tertiary/aromatic N) is 2. The molecule has 112 valence electrons. The Morgan fingerprint density at radius 3 is 2.85 bits per heavy atom. The number of hydrogen-bond donors (Lipinski definition) is 1. The zero-order valence-corrected chi connectivity index (χ0v) is 12.4. The number of nitrogen functional groups attached to an aromatic ring is 1. The fourth-order valence-electron chi connectivity index (χ4n) is 2.57. The first-order chi connectivity index (χ1) is 9.61. The van der Waals surface area contributed by atoms with Gasteiger partial charge in [-0.05, 0) is 31.7 Å². The van der Waals surface area contributed by atoms with E-state index in [4.69, 9.17) is 10.5 Å². The minimum Gasteiger partial charge on any atom is -0.398 e. The average Bonchev–Trinajstić information content (AvgIpc) is 3.26. The number of nitrogens with two attached hydrogens (primary N) is 1. The summed E-state index contributed by atoms with van der Waals surface area (Å²) in [4.78, 5) is 14.2. The summed E-state index contributed by atoms with van der Waals surface area (Å²) in [5, 5.41) is 0. The third kappa shape index (κ3) is 4.08. The van der Waals surface area contributed by atoms with E-state index in [-0.39, 0.29) is 5.56 Å². The Balaban J connectivity index is 1.96. The molecule has 2 N–H and O–H groups in total. The van der Waals surface area contributed by atoms with E-state index in [1.165, 1.54) is 18.9 Å². The molecule has 0 aromatic carbocycles. The van der Waals surface area contributed by atoms with Crippen LogP contribution in [0.2, 0.25) is 0 Å². The van der Waals surface area contributed by atoms with Crippen LogP contribution in [0.15, 0.2) is 23.1 Å². The van der Waals surface area contributed by atoms with Crippen LogP contribution in [0.3, 0.4) is 0 Å². The van der Waals surface area contributed by atoms with Crippen LogP contribution in [0.25, 0.3) is 0 Å². The van der Waals surface area contributed by atoms with Gasteiger partial charge in [-0.15, -0.1) is 0 Å². The van der Waals surface area contributed by atoms with Gasteiger partial charge in [0.2, 0.25) is 0 Å². The van der Waals surface area contributed by atoms with Gasteiger partial charge in [0.25, 0.3) is 5.56 Å². The van der Waals surface area contributed by atoms with E-state index in [9.17, 15) is 4.79 Å². The summed E-state index contributed by atoms with van der Waals surface area (Å²) in [6.07, 6.45) is 4.37. The predicted molar refractivity (Wildman–Crippen MR) is 80.7 cm³/mol. The van der Waals surface area contributed by atoms with Crippen molar-refractivity contribution in [2.24, 2.45) is 5.92 Å². The highest BCUT2D eigenvalue weighted by Crippen LogP contribution is 2.34. The molecule has 1 unspecified atom stereocenters. The number of anilines is 1. The first-order valence-electron chi connectivity index (χ1n) is 7.30. The molecule has 1 saturated carbocycles. The minimum absolute atomic E-state index is 0.00460. The van der Waals surface area contributed by atoms with Crippen LogP contribution >= 0.6 is 0 Å². The minimum atomic E-state index is 0.00460. The summed E-state index contributed by atoms with van der Waals surface area (Å²) in [5.41, 5.74) is 6.37. The van der Waals surface area contributed by atoms with E-state index >= 15 is 0 Å². The molecule has 5 heteroatoms. The molecule has 1 aliphatic carbocycles. The average molecular weight is 279 g/mol. The number of ether oxygens (including phenoxy) is 1. The summed E-state index contributed by atoms with van der Waals surface area (Å²) in [7, 11) is 1.72. The second-order valence-electron chi connectivity index (χ2n) is 5.60. The van der Waals surface area contributed by atoms with Crippen LogP contribution in [-0.4, -0.2) is 42.3 Å². The highest BCUT2D eigenvalue weighted by molar-refractivity contribution is 5.33. The predicted octanol–water partition coefficient (Wildman–Crippen LogP) is 1.18. The molecule has 20 heavy (non-hydrogen) atoms. The lowest BCUT2D eigenvalue weighted by atomic mass is 10.2. The van der Waals surface area contributed by atoms with Crippen LogP contribution < -0.4 is 11.3 Å². The van der Waals surface area contributed by atoms with E-state index in [0.717, 1.165) is 25.6 Å². The van der Waals surface area contributed by atoms with Crippen molar-refractivity contribution in [3.05, 3.63) is 28.7 Å². The van der Waals surface area contributed by atoms with Crippen molar-refractivity contribution < 1.29 is 4.74 Å². The number of aromatic nitrogens is 1. The Hall–Kier alpha value is -1.33. The molecule has 1 aliphatic rings. The summed E-state index contributed by atoms with van der Waals surface area (Å²) in [6, 6.07) is 3.73. The van der Waals surface area contributed by atoms with Gasteiger partial charge in [-0.1, -0.05) is 0 Å². The molecule has 0 aliphatic heterocycles. The number of pyridine rings is 1. The van der Waals surface area contributed by atoms with E-state index in [1.807, 2.05) is 0 Å². The van der Waals surface area contributed by atoms with Gasteiger partial charge in [0, 0.05) is 50.7 Å². The molecule has 1 aromatic rings. The van der Waals surface area contributed by atoms with Crippen molar-refractivity contribution in [3.8, 4) is 0 Å². The van der Waals surface area contributed by atoms with Crippen molar-refractivity contribution >= 4 is 5.69 Å².